The van der Waals surface area contributed by atoms with Crippen LogP contribution < -0.4 is 5.32 Å². The number of carbonyl (C=O) groups is 2. The Labute approximate surface area is 137 Å². The molecule has 0 saturated carbocycles. The van der Waals surface area contributed by atoms with Crippen LogP contribution in [0.3, 0.4) is 0 Å². The molecule has 5 nitrogen and oxygen atoms in total. The molecule has 1 amide bonds. The van der Waals surface area contributed by atoms with E-state index in [0.717, 1.165) is 6.07 Å². The minimum atomic E-state index is -5.08. The summed E-state index contributed by atoms with van der Waals surface area (Å²) in [5.41, 5.74) is 1.20. The van der Waals surface area contributed by atoms with Gasteiger partial charge in [-0.2, -0.15) is 13.2 Å². The van der Waals surface area contributed by atoms with Crippen molar-refractivity contribution in [2.75, 3.05) is 5.32 Å². The molecular formula is C15H10F5NO4. The Morgan fingerprint density at radius 2 is 1.36 bits per heavy atom. The van der Waals surface area contributed by atoms with Gasteiger partial charge in [0.2, 0.25) is 0 Å². The third kappa shape index (κ3) is 6.45. The molecule has 0 heterocycles. The summed E-state index contributed by atoms with van der Waals surface area (Å²) in [7, 11) is 0. The van der Waals surface area contributed by atoms with Gasteiger partial charge in [0, 0.05) is 5.56 Å². The highest BCUT2D eigenvalue weighted by Gasteiger charge is 2.38. The van der Waals surface area contributed by atoms with Gasteiger partial charge in [0.05, 0.1) is 5.69 Å². The Kier molecular flexibility index (Phi) is 6.43. The first-order valence-corrected chi connectivity index (χ1v) is 6.36. The molecule has 0 aliphatic rings. The summed E-state index contributed by atoms with van der Waals surface area (Å²) in [6.45, 7) is 0. The molecule has 0 saturated heterocycles. The first kappa shape index (κ1) is 19.9. The topological polar surface area (TPSA) is 86.6 Å². The molecule has 0 atom stereocenters. The van der Waals surface area contributed by atoms with Gasteiger partial charge in [0.1, 0.15) is 11.6 Å². The Bertz CT molecular complexity index is 760. The summed E-state index contributed by atoms with van der Waals surface area (Å²) in [5.74, 6) is -3.70. The first-order chi connectivity index (χ1) is 11.5. The van der Waals surface area contributed by atoms with Crippen LogP contribution in [0.1, 0.15) is 0 Å². The quantitative estimate of drug-likeness (QED) is 0.692. The second-order valence-electron chi connectivity index (χ2n) is 4.43. The Hall–Kier alpha value is -3.17. The molecule has 0 bridgehead atoms. The molecule has 2 rings (SSSR count). The van der Waals surface area contributed by atoms with E-state index in [1.54, 1.807) is 0 Å². The minimum absolute atomic E-state index is 0.120. The van der Waals surface area contributed by atoms with Gasteiger partial charge in [-0.15, -0.1) is 0 Å². The van der Waals surface area contributed by atoms with E-state index in [-0.39, 0.29) is 5.69 Å². The van der Waals surface area contributed by atoms with E-state index in [0.29, 0.717) is 11.1 Å². The lowest BCUT2D eigenvalue weighted by atomic mass is 10.0. The van der Waals surface area contributed by atoms with Crippen LogP contribution in [0.15, 0.2) is 42.5 Å². The fourth-order valence-electron chi connectivity index (χ4n) is 1.62. The highest BCUT2D eigenvalue weighted by molar-refractivity contribution is 5.90. The number of hydrogen-bond donors (Lipinski definition) is 3. The zero-order valence-electron chi connectivity index (χ0n) is 12.1. The highest BCUT2D eigenvalue weighted by atomic mass is 19.4. The predicted molar refractivity (Wildman–Crippen MR) is 77.1 cm³/mol. The largest absolute Gasteiger partial charge is 0.490 e. The van der Waals surface area contributed by atoms with Gasteiger partial charge in [-0.05, 0) is 35.9 Å². The summed E-state index contributed by atoms with van der Waals surface area (Å²) < 4.78 is 57.6. The van der Waals surface area contributed by atoms with Crippen molar-refractivity contribution in [2.45, 2.75) is 6.18 Å². The summed E-state index contributed by atoms with van der Waals surface area (Å²) in [6.07, 6.45) is -6.37. The average Bonchev–Trinajstić information content (AvgIpc) is 2.47. The summed E-state index contributed by atoms with van der Waals surface area (Å²) in [6, 6.07) is 9.23. The predicted octanol–water partition coefficient (Wildman–Crippen LogP) is 4.36. The summed E-state index contributed by atoms with van der Waals surface area (Å²) in [5, 5.41) is 17.9. The second-order valence-corrected chi connectivity index (χ2v) is 4.43. The Balaban J connectivity index is 0.000000381. The van der Waals surface area contributed by atoms with Crippen LogP contribution in [0.2, 0.25) is 0 Å². The zero-order chi connectivity index (χ0) is 19.2. The number of hydrogen-bond acceptors (Lipinski definition) is 2. The molecule has 134 valence electrons. The second kappa shape index (κ2) is 8.08. The van der Waals surface area contributed by atoms with Crippen molar-refractivity contribution >= 4 is 17.7 Å². The molecule has 0 fully saturated rings. The summed E-state index contributed by atoms with van der Waals surface area (Å²) in [4.78, 5) is 19.5. The minimum Gasteiger partial charge on any atom is -0.475 e. The van der Waals surface area contributed by atoms with Gasteiger partial charge in [0.15, 0.2) is 0 Å². The number of aliphatic carboxylic acids is 1. The molecule has 0 spiro atoms. The number of anilines is 1. The van der Waals surface area contributed by atoms with Gasteiger partial charge in [0.25, 0.3) is 0 Å². The third-order valence-corrected chi connectivity index (χ3v) is 2.62. The van der Waals surface area contributed by atoms with Crippen LogP contribution in [-0.4, -0.2) is 28.5 Å². The van der Waals surface area contributed by atoms with Crippen molar-refractivity contribution in [2.24, 2.45) is 0 Å². The van der Waals surface area contributed by atoms with Crippen LogP contribution in [0, 0.1) is 11.6 Å². The van der Waals surface area contributed by atoms with E-state index < -0.39 is 29.9 Å². The maximum Gasteiger partial charge on any atom is 0.490 e. The maximum atomic E-state index is 13.1. The number of carboxylic acid groups (broad SMARTS) is 2. The van der Waals surface area contributed by atoms with Crippen molar-refractivity contribution in [1.82, 2.24) is 0 Å². The van der Waals surface area contributed by atoms with Crippen LogP contribution in [0.4, 0.5) is 32.4 Å². The number of halogens is 5. The van der Waals surface area contributed by atoms with E-state index >= 15 is 0 Å². The third-order valence-electron chi connectivity index (χ3n) is 2.62. The van der Waals surface area contributed by atoms with E-state index in [4.69, 9.17) is 15.0 Å². The van der Waals surface area contributed by atoms with Crippen LogP contribution in [0.25, 0.3) is 11.1 Å². The number of rotatable bonds is 2. The molecule has 0 aromatic heterocycles. The van der Waals surface area contributed by atoms with Gasteiger partial charge in [-0.1, -0.05) is 12.1 Å². The van der Waals surface area contributed by atoms with Gasteiger partial charge in [-0.3, -0.25) is 5.32 Å². The number of nitrogens with one attached hydrogen (secondary N) is 1. The van der Waals surface area contributed by atoms with Crippen molar-refractivity contribution < 1.29 is 41.8 Å². The van der Waals surface area contributed by atoms with Crippen molar-refractivity contribution in [1.29, 1.82) is 0 Å². The van der Waals surface area contributed by atoms with Crippen molar-refractivity contribution in [3.05, 3.63) is 54.1 Å². The lowest BCUT2D eigenvalue weighted by molar-refractivity contribution is -0.192. The molecule has 0 unspecified atom stereocenters. The van der Waals surface area contributed by atoms with E-state index in [1.165, 1.54) is 36.4 Å². The molecule has 25 heavy (non-hydrogen) atoms. The average molecular weight is 363 g/mol. The zero-order valence-corrected chi connectivity index (χ0v) is 12.1. The molecule has 2 aromatic rings. The fourth-order valence-corrected chi connectivity index (χ4v) is 1.62. The molecule has 0 aliphatic heterocycles. The van der Waals surface area contributed by atoms with E-state index in [1.807, 2.05) is 0 Å². The van der Waals surface area contributed by atoms with Crippen LogP contribution in [-0.2, 0) is 4.79 Å². The number of alkyl halides is 3. The molecule has 0 aliphatic carbocycles. The number of carboxylic acids is 1. The number of benzene rings is 2. The molecule has 3 N–H and O–H groups in total. The first-order valence-electron chi connectivity index (χ1n) is 6.36. The smallest absolute Gasteiger partial charge is 0.475 e. The molecular weight excluding hydrogens is 353 g/mol. The standard InChI is InChI=1S/C13H9F2NO2.C2HF3O2/c14-9-3-1-8(2-4-9)11-6-5-10(15)7-12(11)16-13(17)18;3-2(4,5)1(6)7/h1-7,16H,(H,17,18);(H,6,7). The van der Waals surface area contributed by atoms with Gasteiger partial charge < -0.3 is 10.2 Å². The van der Waals surface area contributed by atoms with Gasteiger partial charge >= 0.3 is 18.2 Å². The Morgan fingerprint density at radius 1 is 0.880 bits per heavy atom. The maximum absolute atomic E-state index is 13.1. The molecule has 10 heteroatoms. The van der Waals surface area contributed by atoms with Crippen LogP contribution in [0.5, 0.6) is 0 Å². The lowest BCUT2D eigenvalue weighted by Crippen LogP contribution is -2.21. The summed E-state index contributed by atoms with van der Waals surface area (Å²) >= 11 is 0. The lowest BCUT2D eigenvalue weighted by Gasteiger charge is -2.09. The highest BCUT2D eigenvalue weighted by Crippen LogP contribution is 2.28. The molecule has 2 aromatic carbocycles. The SMILES string of the molecule is O=C(O)C(F)(F)F.O=C(O)Nc1cc(F)ccc1-c1ccc(F)cc1. The van der Waals surface area contributed by atoms with Crippen molar-refractivity contribution in [3.8, 4) is 11.1 Å². The fraction of sp³-hybridized carbons (Fsp3) is 0.0667. The van der Waals surface area contributed by atoms with E-state index in [2.05, 4.69) is 5.32 Å². The normalized spacial score (nSPS) is 10.4. The van der Waals surface area contributed by atoms with Gasteiger partial charge in [-0.25, -0.2) is 18.4 Å². The van der Waals surface area contributed by atoms with Crippen LogP contribution >= 0.6 is 0 Å². The monoisotopic (exact) mass is 363 g/mol. The Morgan fingerprint density at radius 3 is 1.80 bits per heavy atom. The number of amides is 1. The molecule has 0 radical (unpaired) electrons. The van der Waals surface area contributed by atoms with E-state index in [9.17, 15) is 26.7 Å². The van der Waals surface area contributed by atoms with Crippen molar-refractivity contribution in [3.63, 3.8) is 0 Å².